The summed E-state index contributed by atoms with van der Waals surface area (Å²) in [5.41, 5.74) is 2.22. The molecule has 0 N–H and O–H groups in total. The zero-order chi connectivity index (χ0) is 12.9. The van der Waals surface area contributed by atoms with Crippen LogP contribution in [-0.2, 0) is 4.79 Å². The summed E-state index contributed by atoms with van der Waals surface area (Å²) in [5.74, 6) is 0. The SMILES string of the molecule is CCC(C=O)(CC)CN(C)c1ccc(C)cc1. The highest BCUT2D eigenvalue weighted by Gasteiger charge is 2.27. The van der Waals surface area contributed by atoms with E-state index in [1.54, 1.807) is 0 Å². The van der Waals surface area contributed by atoms with Crippen LogP contribution in [0.5, 0.6) is 0 Å². The fourth-order valence-electron chi connectivity index (χ4n) is 2.04. The molecule has 2 heteroatoms. The first kappa shape index (κ1) is 13.8. The van der Waals surface area contributed by atoms with Gasteiger partial charge in [0.15, 0.2) is 0 Å². The number of anilines is 1. The largest absolute Gasteiger partial charge is 0.374 e. The minimum absolute atomic E-state index is 0.209. The standard InChI is InChI=1S/C15H23NO/c1-5-15(6-2,12-17)11-16(4)14-9-7-13(3)8-10-14/h7-10,12H,5-6,11H2,1-4H3. The number of aldehydes is 1. The van der Waals surface area contributed by atoms with Crippen LogP contribution in [0, 0.1) is 12.3 Å². The van der Waals surface area contributed by atoms with E-state index in [4.69, 9.17) is 0 Å². The molecule has 0 bridgehead atoms. The molecule has 2 nitrogen and oxygen atoms in total. The summed E-state index contributed by atoms with van der Waals surface area (Å²) in [7, 11) is 2.05. The Labute approximate surface area is 105 Å². The van der Waals surface area contributed by atoms with Crippen LogP contribution < -0.4 is 4.90 Å². The summed E-state index contributed by atoms with van der Waals surface area (Å²) < 4.78 is 0. The van der Waals surface area contributed by atoms with Crippen LogP contribution in [0.15, 0.2) is 24.3 Å². The van der Waals surface area contributed by atoms with Crippen molar-refractivity contribution in [3.05, 3.63) is 29.8 Å². The van der Waals surface area contributed by atoms with Gasteiger partial charge in [0.1, 0.15) is 6.29 Å². The van der Waals surface area contributed by atoms with Gasteiger partial charge in [-0.05, 0) is 31.9 Å². The van der Waals surface area contributed by atoms with Gasteiger partial charge >= 0.3 is 0 Å². The quantitative estimate of drug-likeness (QED) is 0.702. The molecule has 0 unspecified atom stereocenters. The van der Waals surface area contributed by atoms with Crippen molar-refractivity contribution >= 4 is 12.0 Å². The topological polar surface area (TPSA) is 20.3 Å². The molecule has 1 rings (SSSR count). The van der Waals surface area contributed by atoms with Crippen LogP contribution >= 0.6 is 0 Å². The van der Waals surface area contributed by atoms with Crippen LogP contribution in [0.3, 0.4) is 0 Å². The Morgan fingerprint density at radius 3 is 2.12 bits per heavy atom. The first-order valence-corrected chi connectivity index (χ1v) is 6.31. The summed E-state index contributed by atoms with van der Waals surface area (Å²) in [6, 6.07) is 8.42. The molecule has 0 saturated heterocycles. The van der Waals surface area contributed by atoms with Crippen molar-refractivity contribution in [2.45, 2.75) is 33.6 Å². The first-order chi connectivity index (χ1) is 8.06. The molecular weight excluding hydrogens is 210 g/mol. The molecule has 0 amide bonds. The predicted octanol–water partition coefficient (Wildman–Crippen LogP) is 3.44. The molecule has 0 aliphatic carbocycles. The van der Waals surface area contributed by atoms with Crippen LogP contribution in [0.4, 0.5) is 5.69 Å². The molecule has 0 spiro atoms. The summed E-state index contributed by atoms with van der Waals surface area (Å²) in [4.78, 5) is 13.5. The third kappa shape index (κ3) is 3.32. The van der Waals surface area contributed by atoms with Crippen LogP contribution in [0.25, 0.3) is 0 Å². The van der Waals surface area contributed by atoms with E-state index in [-0.39, 0.29) is 5.41 Å². The molecule has 0 aromatic heterocycles. The normalized spacial score (nSPS) is 11.3. The Kier molecular flexibility index (Phi) is 4.73. The second-order valence-electron chi connectivity index (χ2n) is 4.88. The molecule has 17 heavy (non-hydrogen) atoms. The number of hydrogen-bond acceptors (Lipinski definition) is 2. The minimum Gasteiger partial charge on any atom is -0.374 e. The molecule has 94 valence electrons. The van der Waals surface area contributed by atoms with Crippen LogP contribution in [0.1, 0.15) is 32.3 Å². The maximum absolute atomic E-state index is 11.3. The molecule has 0 saturated carbocycles. The van der Waals surface area contributed by atoms with Crippen molar-refractivity contribution in [2.75, 3.05) is 18.5 Å². The summed E-state index contributed by atoms with van der Waals surface area (Å²) in [6.45, 7) is 7.03. The number of carbonyl (C=O) groups excluding carboxylic acids is 1. The lowest BCUT2D eigenvalue weighted by atomic mass is 9.83. The molecule has 0 fully saturated rings. The highest BCUT2D eigenvalue weighted by atomic mass is 16.1. The molecule has 0 aliphatic rings. The van der Waals surface area contributed by atoms with Crippen molar-refractivity contribution < 1.29 is 4.79 Å². The van der Waals surface area contributed by atoms with Crippen molar-refractivity contribution in [2.24, 2.45) is 5.41 Å². The Bertz CT molecular complexity index is 352. The second-order valence-corrected chi connectivity index (χ2v) is 4.88. The van der Waals surface area contributed by atoms with Crippen molar-refractivity contribution in [3.63, 3.8) is 0 Å². The number of aryl methyl sites for hydroxylation is 1. The zero-order valence-corrected chi connectivity index (χ0v) is 11.4. The van der Waals surface area contributed by atoms with Gasteiger partial charge in [0, 0.05) is 24.7 Å². The Hall–Kier alpha value is -1.31. The van der Waals surface area contributed by atoms with Gasteiger partial charge in [-0.1, -0.05) is 31.5 Å². The predicted molar refractivity (Wildman–Crippen MR) is 73.5 cm³/mol. The smallest absolute Gasteiger partial charge is 0.127 e. The molecular formula is C15H23NO. The fourth-order valence-corrected chi connectivity index (χ4v) is 2.04. The maximum Gasteiger partial charge on any atom is 0.127 e. The third-order valence-electron chi connectivity index (χ3n) is 3.69. The average Bonchev–Trinajstić information content (AvgIpc) is 2.37. The van der Waals surface area contributed by atoms with E-state index in [1.165, 1.54) is 11.3 Å². The van der Waals surface area contributed by atoms with Gasteiger partial charge in [-0.15, -0.1) is 0 Å². The van der Waals surface area contributed by atoms with Crippen LogP contribution in [0.2, 0.25) is 0 Å². The molecule has 0 heterocycles. The van der Waals surface area contributed by atoms with Gasteiger partial charge in [-0.25, -0.2) is 0 Å². The fraction of sp³-hybridized carbons (Fsp3) is 0.533. The van der Waals surface area contributed by atoms with E-state index in [0.29, 0.717) is 0 Å². The van der Waals surface area contributed by atoms with E-state index in [9.17, 15) is 4.79 Å². The van der Waals surface area contributed by atoms with E-state index in [0.717, 1.165) is 25.7 Å². The number of nitrogens with zero attached hydrogens (tertiary/aromatic N) is 1. The molecule has 0 aliphatic heterocycles. The number of benzene rings is 1. The van der Waals surface area contributed by atoms with Gasteiger partial charge < -0.3 is 9.69 Å². The molecule has 1 aromatic rings. The Balaban J connectivity index is 2.80. The van der Waals surface area contributed by atoms with E-state index < -0.39 is 0 Å². The second kappa shape index (κ2) is 5.85. The highest BCUT2D eigenvalue weighted by molar-refractivity contribution is 5.61. The Morgan fingerprint density at radius 1 is 1.18 bits per heavy atom. The summed E-state index contributed by atoms with van der Waals surface area (Å²) >= 11 is 0. The van der Waals surface area contributed by atoms with E-state index in [2.05, 4.69) is 49.9 Å². The maximum atomic E-state index is 11.3. The lowest BCUT2D eigenvalue weighted by Gasteiger charge is -2.32. The number of hydrogen-bond donors (Lipinski definition) is 0. The number of rotatable bonds is 6. The van der Waals surface area contributed by atoms with E-state index >= 15 is 0 Å². The average molecular weight is 233 g/mol. The van der Waals surface area contributed by atoms with Gasteiger partial charge in [0.05, 0.1) is 0 Å². The van der Waals surface area contributed by atoms with E-state index in [1.807, 2.05) is 7.05 Å². The number of carbonyl (C=O) groups is 1. The van der Waals surface area contributed by atoms with Crippen LogP contribution in [-0.4, -0.2) is 19.9 Å². The third-order valence-corrected chi connectivity index (χ3v) is 3.69. The molecule has 0 radical (unpaired) electrons. The molecule has 0 atom stereocenters. The lowest BCUT2D eigenvalue weighted by molar-refractivity contribution is -0.116. The van der Waals surface area contributed by atoms with Crippen molar-refractivity contribution in [1.82, 2.24) is 0 Å². The van der Waals surface area contributed by atoms with Crippen molar-refractivity contribution in [3.8, 4) is 0 Å². The van der Waals surface area contributed by atoms with Gasteiger partial charge in [-0.2, -0.15) is 0 Å². The van der Waals surface area contributed by atoms with Gasteiger partial charge in [0.25, 0.3) is 0 Å². The minimum atomic E-state index is -0.209. The first-order valence-electron chi connectivity index (χ1n) is 6.31. The molecule has 1 aromatic carbocycles. The Morgan fingerprint density at radius 2 is 1.71 bits per heavy atom. The van der Waals surface area contributed by atoms with Crippen molar-refractivity contribution in [1.29, 1.82) is 0 Å². The summed E-state index contributed by atoms with van der Waals surface area (Å²) in [6.07, 6.45) is 2.91. The van der Waals surface area contributed by atoms with Gasteiger partial charge in [0.2, 0.25) is 0 Å². The zero-order valence-electron chi connectivity index (χ0n) is 11.4. The lowest BCUT2D eigenvalue weighted by Crippen LogP contribution is -2.36. The van der Waals surface area contributed by atoms with Gasteiger partial charge in [-0.3, -0.25) is 0 Å². The highest BCUT2D eigenvalue weighted by Crippen LogP contribution is 2.26. The summed E-state index contributed by atoms with van der Waals surface area (Å²) in [5, 5.41) is 0. The monoisotopic (exact) mass is 233 g/mol.